The van der Waals surface area contributed by atoms with E-state index in [1.165, 1.54) is 11.3 Å². The highest BCUT2D eigenvalue weighted by Crippen LogP contribution is 2.21. The maximum atomic E-state index is 10.9. The van der Waals surface area contributed by atoms with Crippen LogP contribution in [0.1, 0.15) is 16.6 Å². The zero-order valence-corrected chi connectivity index (χ0v) is 6.79. The van der Waals surface area contributed by atoms with Crippen molar-refractivity contribution in [3.63, 3.8) is 0 Å². The minimum Gasteiger partial charge on any atom is -0.387 e. The zero-order chi connectivity index (χ0) is 7.56. The minimum absolute atomic E-state index is 0.124. The van der Waals surface area contributed by atoms with Crippen molar-refractivity contribution in [1.82, 2.24) is 0 Å². The fraction of sp³-hybridized carbons (Fsp3) is 0.286. The largest absolute Gasteiger partial charge is 0.387 e. The Bertz CT molecular complexity index is 242. The molecule has 1 N–H and O–H groups in total. The van der Waals surface area contributed by atoms with E-state index in [4.69, 9.17) is 0 Å². The second kappa shape index (κ2) is 2.84. The Hall–Kier alpha value is -0.830. The molecule has 0 bridgehead atoms. The first-order chi connectivity index (χ1) is 4.75. The molecule has 0 aliphatic carbocycles. The van der Waals surface area contributed by atoms with Crippen molar-refractivity contribution in [3.8, 4) is 0 Å². The van der Waals surface area contributed by atoms with Crippen LogP contribution in [0.3, 0.4) is 0 Å². The van der Waals surface area contributed by atoms with Crippen LogP contribution in [-0.2, 0) is 0 Å². The third-order valence-electron chi connectivity index (χ3n) is 1.25. The second-order valence-corrected chi connectivity index (χ2v) is 2.89. The molecule has 1 heterocycles. The quantitative estimate of drug-likeness (QED) is 0.662. The van der Waals surface area contributed by atoms with E-state index in [9.17, 15) is 4.79 Å². The van der Waals surface area contributed by atoms with Gasteiger partial charge in [-0.1, -0.05) is 0 Å². The average molecular weight is 155 g/mol. The summed E-state index contributed by atoms with van der Waals surface area (Å²) < 4.78 is 0. The number of nitrogens with one attached hydrogen (secondary N) is 1. The Morgan fingerprint density at radius 2 is 2.40 bits per heavy atom. The molecule has 0 aliphatic heterocycles. The van der Waals surface area contributed by atoms with Crippen LogP contribution >= 0.6 is 11.3 Å². The van der Waals surface area contributed by atoms with Gasteiger partial charge in [-0.15, -0.1) is 11.3 Å². The van der Waals surface area contributed by atoms with Gasteiger partial charge in [0.2, 0.25) is 0 Å². The van der Waals surface area contributed by atoms with Crippen molar-refractivity contribution in [2.24, 2.45) is 0 Å². The van der Waals surface area contributed by atoms with Gasteiger partial charge in [0.15, 0.2) is 5.78 Å². The lowest BCUT2D eigenvalue weighted by atomic mass is 10.3. The molecular formula is C7H9NOS. The lowest BCUT2D eigenvalue weighted by molar-refractivity contribution is 0.102. The van der Waals surface area contributed by atoms with E-state index in [0.717, 1.165) is 10.6 Å². The first-order valence-electron chi connectivity index (χ1n) is 3.02. The minimum atomic E-state index is 0.124. The number of Topliss-reactive ketones (excluding diaryl/α,β-unsaturated/α-hetero) is 1. The molecule has 3 heteroatoms. The highest BCUT2D eigenvalue weighted by molar-refractivity contribution is 7.12. The molecule has 0 atom stereocenters. The molecule has 0 fully saturated rings. The maximum absolute atomic E-state index is 10.9. The molecule has 1 aromatic heterocycles. The zero-order valence-electron chi connectivity index (χ0n) is 5.97. The van der Waals surface area contributed by atoms with Crippen LogP contribution in [0.2, 0.25) is 0 Å². The molecule has 0 saturated heterocycles. The smallest absolute Gasteiger partial charge is 0.171 e. The Morgan fingerprint density at radius 3 is 2.80 bits per heavy atom. The standard InChI is InChI=1S/C7H9NOS/c1-5(9)7-6(8-2)3-4-10-7/h3-4,8H,1-2H3. The van der Waals surface area contributed by atoms with Gasteiger partial charge in [0.25, 0.3) is 0 Å². The molecule has 0 aliphatic rings. The normalized spacial score (nSPS) is 9.40. The van der Waals surface area contributed by atoms with E-state index in [0.29, 0.717) is 0 Å². The highest BCUT2D eigenvalue weighted by atomic mass is 32.1. The number of thiophene rings is 1. The fourth-order valence-corrected chi connectivity index (χ4v) is 1.58. The van der Waals surface area contributed by atoms with E-state index < -0.39 is 0 Å². The van der Waals surface area contributed by atoms with Crippen molar-refractivity contribution in [2.75, 3.05) is 12.4 Å². The number of ketones is 1. The van der Waals surface area contributed by atoms with Crippen molar-refractivity contribution < 1.29 is 4.79 Å². The van der Waals surface area contributed by atoms with Crippen LogP contribution < -0.4 is 5.32 Å². The van der Waals surface area contributed by atoms with E-state index in [1.54, 1.807) is 6.92 Å². The number of carbonyl (C=O) groups excluding carboxylic acids is 1. The summed E-state index contributed by atoms with van der Waals surface area (Å²) in [6, 6.07) is 1.90. The predicted molar refractivity (Wildman–Crippen MR) is 43.9 cm³/mol. The maximum Gasteiger partial charge on any atom is 0.171 e. The summed E-state index contributed by atoms with van der Waals surface area (Å²) in [4.78, 5) is 11.7. The number of hydrogen-bond acceptors (Lipinski definition) is 3. The summed E-state index contributed by atoms with van der Waals surface area (Å²) in [7, 11) is 1.81. The molecule has 0 unspecified atom stereocenters. The fourth-order valence-electron chi connectivity index (χ4n) is 0.779. The van der Waals surface area contributed by atoms with E-state index in [1.807, 2.05) is 18.5 Å². The van der Waals surface area contributed by atoms with Crippen LogP contribution in [0.5, 0.6) is 0 Å². The van der Waals surface area contributed by atoms with Gasteiger partial charge in [-0.3, -0.25) is 4.79 Å². The predicted octanol–water partition coefficient (Wildman–Crippen LogP) is 1.99. The average Bonchev–Trinajstić information content (AvgIpc) is 2.33. The van der Waals surface area contributed by atoms with Crippen LogP contribution in [0, 0.1) is 0 Å². The van der Waals surface area contributed by atoms with Crippen molar-refractivity contribution in [1.29, 1.82) is 0 Å². The molecule has 10 heavy (non-hydrogen) atoms. The summed E-state index contributed by atoms with van der Waals surface area (Å²) in [5, 5.41) is 4.85. The molecule has 2 nitrogen and oxygen atoms in total. The first kappa shape index (κ1) is 7.28. The van der Waals surface area contributed by atoms with E-state index >= 15 is 0 Å². The highest BCUT2D eigenvalue weighted by Gasteiger charge is 2.05. The lowest BCUT2D eigenvalue weighted by Crippen LogP contribution is -1.94. The lowest BCUT2D eigenvalue weighted by Gasteiger charge is -1.96. The summed E-state index contributed by atoms with van der Waals surface area (Å²) in [5.74, 6) is 0.124. The van der Waals surface area contributed by atoms with Crippen LogP contribution in [0.4, 0.5) is 5.69 Å². The Morgan fingerprint density at radius 1 is 1.70 bits per heavy atom. The van der Waals surface area contributed by atoms with Gasteiger partial charge in [-0.2, -0.15) is 0 Å². The SMILES string of the molecule is CNc1ccsc1C(C)=O. The number of anilines is 1. The van der Waals surface area contributed by atoms with Crippen LogP contribution in [0.25, 0.3) is 0 Å². The van der Waals surface area contributed by atoms with Crippen molar-refractivity contribution in [3.05, 3.63) is 16.3 Å². The van der Waals surface area contributed by atoms with Crippen LogP contribution in [-0.4, -0.2) is 12.8 Å². The molecule has 54 valence electrons. The third kappa shape index (κ3) is 1.19. The third-order valence-corrected chi connectivity index (χ3v) is 2.27. The van der Waals surface area contributed by atoms with Gasteiger partial charge in [-0.25, -0.2) is 0 Å². The molecule has 0 saturated carbocycles. The van der Waals surface area contributed by atoms with Gasteiger partial charge < -0.3 is 5.32 Å². The van der Waals surface area contributed by atoms with E-state index in [-0.39, 0.29) is 5.78 Å². The molecule has 0 aromatic carbocycles. The number of rotatable bonds is 2. The first-order valence-corrected chi connectivity index (χ1v) is 3.90. The van der Waals surface area contributed by atoms with Crippen LogP contribution in [0.15, 0.2) is 11.4 Å². The monoisotopic (exact) mass is 155 g/mol. The molecule has 0 amide bonds. The Labute approximate surface area is 63.9 Å². The van der Waals surface area contributed by atoms with Gasteiger partial charge >= 0.3 is 0 Å². The van der Waals surface area contributed by atoms with Gasteiger partial charge in [0, 0.05) is 14.0 Å². The summed E-state index contributed by atoms with van der Waals surface area (Å²) >= 11 is 1.47. The molecule has 1 aromatic rings. The van der Waals surface area contributed by atoms with Crippen molar-refractivity contribution in [2.45, 2.75) is 6.92 Å². The topological polar surface area (TPSA) is 29.1 Å². The summed E-state index contributed by atoms with van der Waals surface area (Å²) in [5.41, 5.74) is 0.928. The van der Waals surface area contributed by atoms with E-state index in [2.05, 4.69) is 5.32 Å². The molecule has 0 spiro atoms. The summed E-state index contributed by atoms with van der Waals surface area (Å²) in [6.07, 6.45) is 0. The molecule has 1 rings (SSSR count). The summed E-state index contributed by atoms with van der Waals surface area (Å²) in [6.45, 7) is 1.58. The van der Waals surface area contributed by atoms with Gasteiger partial charge in [0.1, 0.15) is 0 Å². The molecule has 0 radical (unpaired) electrons. The number of carbonyl (C=O) groups is 1. The second-order valence-electron chi connectivity index (χ2n) is 1.97. The Balaban J connectivity index is 3.01. The Kier molecular flexibility index (Phi) is 2.06. The van der Waals surface area contributed by atoms with Gasteiger partial charge in [0.05, 0.1) is 10.6 Å². The number of hydrogen-bond donors (Lipinski definition) is 1. The van der Waals surface area contributed by atoms with Gasteiger partial charge in [-0.05, 0) is 11.4 Å². The molecular weight excluding hydrogens is 146 g/mol. The van der Waals surface area contributed by atoms with Crippen molar-refractivity contribution >= 4 is 22.8 Å².